The molecule has 0 radical (unpaired) electrons. The lowest BCUT2D eigenvalue weighted by atomic mass is 9.92. The molecule has 1 aliphatic rings. The van der Waals surface area contributed by atoms with E-state index < -0.39 is 5.66 Å². The highest BCUT2D eigenvalue weighted by molar-refractivity contribution is 5.64. The molecule has 3 aromatic rings. The van der Waals surface area contributed by atoms with E-state index in [0.29, 0.717) is 11.4 Å². The fraction of sp³-hybridized carbons (Fsp3) is 0.364. The summed E-state index contributed by atoms with van der Waals surface area (Å²) < 4.78 is 7.41. The van der Waals surface area contributed by atoms with Gasteiger partial charge in [0.1, 0.15) is 0 Å². The molecule has 0 bridgehead atoms. The van der Waals surface area contributed by atoms with Crippen molar-refractivity contribution < 1.29 is 4.74 Å². The van der Waals surface area contributed by atoms with Gasteiger partial charge in [0.2, 0.25) is 0 Å². The fourth-order valence-electron chi connectivity index (χ4n) is 3.63. The highest BCUT2D eigenvalue weighted by Gasteiger charge is 2.26. The number of aryl methyl sites for hydroxylation is 1. The van der Waals surface area contributed by atoms with E-state index in [1.165, 1.54) is 16.7 Å². The topological polar surface area (TPSA) is 86.5 Å². The largest absolute Gasteiger partial charge is 0.433 e. The van der Waals surface area contributed by atoms with Crippen molar-refractivity contribution in [3.8, 4) is 22.9 Å². The van der Waals surface area contributed by atoms with Crippen LogP contribution in [0.1, 0.15) is 30.5 Å². The number of hydrogen-bond acceptors (Lipinski definition) is 6. The lowest BCUT2D eigenvalue weighted by molar-refractivity contribution is 0.312. The van der Waals surface area contributed by atoms with Crippen molar-refractivity contribution in [1.29, 1.82) is 0 Å². The van der Waals surface area contributed by atoms with E-state index in [1.54, 1.807) is 37.1 Å². The van der Waals surface area contributed by atoms with Crippen LogP contribution in [0, 0.1) is 13.5 Å². The number of rotatable bonds is 4. The first-order valence-corrected chi connectivity index (χ1v) is 9.82. The third kappa shape index (κ3) is 3.72. The molecule has 2 aromatic heterocycles. The zero-order valence-electron chi connectivity index (χ0n) is 17.7. The van der Waals surface area contributed by atoms with Gasteiger partial charge in [0.25, 0.3) is 5.88 Å². The highest BCUT2D eigenvalue weighted by Crippen LogP contribution is 2.31. The van der Waals surface area contributed by atoms with Crippen LogP contribution in [0.15, 0.2) is 30.7 Å². The summed E-state index contributed by atoms with van der Waals surface area (Å²) in [5.74, 6) is 0.874. The molecule has 30 heavy (non-hydrogen) atoms. The number of aromatic nitrogens is 4. The van der Waals surface area contributed by atoms with Gasteiger partial charge in [-0.05, 0) is 49.2 Å². The van der Waals surface area contributed by atoms with E-state index in [2.05, 4.69) is 50.9 Å². The number of nitrogen functional groups attached to an aromatic ring is 1. The molecule has 0 spiro atoms. The smallest absolute Gasteiger partial charge is 0.320 e. The third-order valence-electron chi connectivity index (χ3n) is 5.42. The lowest BCUT2D eigenvalue weighted by Gasteiger charge is -2.27. The number of anilines is 1. The lowest BCUT2D eigenvalue weighted by Crippen LogP contribution is -2.27. The second-order valence-electron chi connectivity index (χ2n) is 8.19. The molecule has 8 nitrogen and oxygen atoms in total. The zero-order chi connectivity index (χ0) is 21.5. The van der Waals surface area contributed by atoms with Crippen LogP contribution in [0.25, 0.3) is 16.1 Å². The molecule has 1 aromatic carbocycles. The van der Waals surface area contributed by atoms with Gasteiger partial charge in [-0.3, -0.25) is 4.85 Å². The second-order valence-corrected chi connectivity index (χ2v) is 8.19. The molecular weight excluding hydrogens is 378 g/mol. The average molecular weight is 403 g/mol. The molecule has 0 unspecified atom stereocenters. The van der Waals surface area contributed by atoms with E-state index in [4.69, 9.17) is 17.0 Å². The van der Waals surface area contributed by atoms with Crippen molar-refractivity contribution >= 4 is 5.82 Å². The normalized spacial score (nSPS) is 14.2. The van der Waals surface area contributed by atoms with Gasteiger partial charge in [0.05, 0.1) is 24.3 Å². The van der Waals surface area contributed by atoms with Crippen LogP contribution in [0.4, 0.5) is 5.82 Å². The summed E-state index contributed by atoms with van der Waals surface area (Å²) >= 11 is 0. The number of nitrogens with zero attached hydrogens (tertiary/aromatic N) is 6. The van der Waals surface area contributed by atoms with E-state index in [-0.39, 0.29) is 11.7 Å². The maximum Gasteiger partial charge on any atom is 0.320 e. The average Bonchev–Trinajstić information content (AvgIpc) is 3.18. The Kier molecular flexibility index (Phi) is 4.92. The minimum atomic E-state index is -0.797. The van der Waals surface area contributed by atoms with E-state index in [0.717, 1.165) is 25.1 Å². The zero-order valence-corrected chi connectivity index (χ0v) is 17.7. The molecule has 3 heterocycles. The number of nitrogens with two attached hydrogens (primary N) is 1. The van der Waals surface area contributed by atoms with Crippen molar-refractivity contribution in [2.24, 2.45) is 0 Å². The SMILES string of the molecule is [C-]#[N+]C(C)(C)n1cc(Oc2nc(-c3cc(C)c4c(c3)CN(C)CC4)cnc2N)cn1. The van der Waals surface area contributed by atoms with Crippen LogP contribution in [0.3, 0.4) is 0 Å². The summed E-state index contributed by atoms with van der Waals surface area (Å²) in [5.41, 5.74) is 10.9. The molecule has 8 heteroatoms. The van der Waals surface area contributed by atoms with Gasteiger partial charge < -0.3 is 15.4 Å². The molecule has 0 atom stereocenters. The minimum Gasteiger partial charge on any atom is -0.433 e. The summed E-state index contributed by atoms with van der Waals surface area (Å²) in [7, 11) is 2.13. The van der Waals surface area contributed by atoms with E-state index in [1.807, 2.05) is 0 Å². The van der Waals surface area contributed by atoms with Crippen LogP contribution >= 0.6 is 0 Å². The van der Waals surface area contributed by atoms with E-state index in [9.17, 15) is 0 Å². The summed E-state index contributed by atoms with van der Waals surface area (Å²) in [5, 5.41) is 4.22. The first-order valence-electron chi connectivity index (χ1n) is 9.82. The maximum absolute atomic E-state index is 7.30. The van der Waals surface area contributed by atoms with Crippen LogP contribution in [0.5, 0.6) is 11.6 Å². The van der Waals surface area contributed by atoms with Crippen molar-refractivity contribution in [3.63, 3.8) is 0 Å². The van der Waals surface area contributed by atoms with Gasteiger partial charge in [-0.1, -0.05) is 0 Å². The Bertz CT molecular complexity index is 1140. The van der Waals surface area contributed by atoms with Gasteiger partial charge in [0.15, 0.2) is 11.6 Å². The Hall–Kier alpha value is -3.44. The van der Waals surface area contributed by atoms with Crippen LogP contribution in [0.2, 0.25) is 0 Å². The summed E-state index contributed by atoms with van der Waals surface area (Å²) in [6, 6.07) is 4.32. The molecule has 154 valence electrons. The van der Waals surface area contributed by atoms with Gasteiger partial charge in [-0.15, -0.1) is 0 Å². The fourth-order valence-corrected chi connectivity index (χ4v) is 3.63. The van der Waals surface area contributed by atoms with Crippen LogP contribution in [-0.2, 0) is 18.6 Å². The Labute approximate surface area is 176 Å². The molecule has 4 rings (SSSR count). The summed E-state index contributed by atoms with van der Waals surface area (Å²) in [4.78, 5) is 14.8. The quantitative estimate of drug-likeness (QED) is 0.670. The van der Waals surface area contributed by atoms with Gasteiger partial charge >= 0.3 is 5.66 Å². The van der Waals surface area contributed by atoms with Crippen molar-refractivity contribution in [3.05, 3.63) is 58.8 Å². The van der Waals surface area contributed by atoms with Crippen LogP contribution in [-0.4, -0.2) is 38.2 Å². The summed E-state index contributed by atoms with van der Waals surface area (Å²) in [6.07, 6.45) is 5.93. The Morgan fingerprint density at radius 2 is 2.07 bits per heavy atom. The van der Waals surface area contributed by atoms with Gasteiger partial charge in [-0.2, -0.15) is 9.78 Å². The molecule has 1 aliphatic heterocycles. The van der Waals surface area contributed by atoms with Crippen molar-refractivity contribution in [2.45, 2.75) is 39.4 Å². The predicted octanol–water partition coefficient (Wildman–Crippen LogP) is 3.62. The number of fused-ring (bicyclic) bond motifs is 1. The number of likely N-dealkylation sites (N-methyl/N-ethyl adjacent to an activating group) is 1. The van der Waals surface area contributed by atoms with Crippen molar-refractivity contribution in [1.82, 2.24) is 24.6 Å². The molecule has 0 aliphatic carbocycles. The molecule has 0 fully saturated rings. The van der Waals surface area contributed by atoms with Crippen molar-refractivity contribution in [2.75, 3.05) is 19.3 Å². The monoisotopic (exact) mass is 403 g/mol. The Morgan fingerprint density at radius 3 is 2.83 bits per heavy atom. The minimum absolute atomic E-state index is 0.199. The molecule has 2 N–H and O–H groups in total. The first kappa shape index (κ1) is 19.9. The number of ether oxygens (including phenoxy) is 1. The second kappa shape index (κ2) is 7.43. The third-order valence-corrected chi connectivity index (χ3v) is 5.42. The maximum atomic E-state index is 7.30. The highest BCUT2D eigenvalue weighted by atomic mass is 16.5. The van der Waals surface area contributed by atoms with Gasteiger partial charge in [-0.25, -0.2) is 16.5 Å². The molecule has 0 amide bonds. The predicted molar refractivity (Wildman–Crippen MR) is 115 cm³/mol. The molecular formula is C22H25N7O. The number of hydrogen-bond donors (Lipinski definition) is 1. The molecule has 0 saturated carbocycles. The van der Waals surface area contributed by atoms with Gasteiger partial charge in [0, 0.05) is 32.5 Å². The van der Waals surface area contributed by atoms with Crippen LogP contribution < -0.4 is 10.5 Å². The first-order chi connectivity index (χ1) is 14.3. The Morgan fingerprint density at radius 1 is 1.27 bits per heavy atom. The summed E-state index contributed by atoms with van der Waals surface area (Å²) in [6.45, 7) is 15.0. The standard InChI is InChI=1S/C22H25N7O/c1-14-8-15(9-16-12-28(5)7-6-18(14)16)19-11-25-20(23)21(27-19)30-17-10-26-29(13-17)22(2,3)24-4/h8-11,13H,6-7,12H2,1-3,5H3,(H2,23,25). The molecule has 0 saturated heterocycles. The Balaban J connectivity index is 1.66. The van der Waals surface area contributed by atoms with E-state index >= 15 is 0 Å². The number of benzene rings is 1.